The minimum atomic E-state index is -0.446. The topological polar surface area (TPSA) is 79.7 Å². The molecule has 0 bridgehead atoms. The lowest BCUT2D eigenvalue weighted by Crippen LogP contribution is -2.32. The summed E-state index contributed by atoms with van der Waals surface area (Å²) in [6.45, 7) is 5.63. The lowest BCUT2D eigenvalue weighted by atomic mass is 10.1. The van der Waals surface area contributed by atoms with E-state index in [2.05, 4.69) is 36.3 Å². The highest BCUT2D eigenvalue weighted by Crippen LogP contribution is 2.27. The van der Waals surface area contributed by atoms with Crippen molar-refractivity contribution in [2.24, 2.45) is 0 Å². The predicted molar refractivity (Wildman–Crippen MR) is 125 cm³/mol. The van der Waals surface area contributed by atoms with E-state index in [-0.39, 0.29) is 5.82 Å². The van der Waals surface area contributed by atoms with Crippen LogP contribution in [0.15, 0.2) is 55.2 Å². The summed E-state index contributed by atoms with van der Waals surface area (Å²) >= 11 is 0. The van der Waals surface area contributed by atoms with E-state index in [1.54, 1.807) is 18.6 Å². The zero-order chi connectivity index (χ0) is 22.8. The van der Waals surface area contributed by atoms with Gasteiger partial charge in [0.25, 0.3) is 0 Å². The minimum absolute atomic E-state index is 0.184. The Hall–Kier alpha value is -3.94. The van der Waals surface area contributed by atoms with E-state index >= 15 is 4.39 Å². The Bertz CT molecular complexity index is 1310. The SMILES string of the molecule is Cc1cc(-c2ncc(CNc3ncnc(N4CCc5ncccc5C4)c3F)cc2C)ccn1. The molecule has 1 aliphatic rings. The zero-order valence-corrected chi connectivity index (χ0v) is 18.6. The summed E-state index contributed by atoms with van der Waals surface area (Å²) in [5, 5.41) is 3.11. The first-order valence-corrected chi connectivity index (χ1v) is 10.9. The monoisotopic (exact) mass is 441 g/mol. The number of rotatable bonds is 5. The van der Waals surface area contributed by atoms with Crippen LogP contribution in [0, 0.1) is 19.7 Å². The summed E-state index contributed by atoms with van der Waals surface area (Å²) in [5.41, 5.74) is 7.05. The van der Waals surface area contributed by atoms with Crippen molar-refractivity contribution < 1.29 is 4.39 Å². The number of hydrogen-bond donors (Lipinski definition) is 1. The fourth-order valence-corrected chi connectivity index (χ4v) is 4.16. The van der Waals surface area contributed by atoms with Gasteiger partial charge in [-0.05, 0) is 48.7 Å². The maximum Gasteiger partial charge on any atom is 0.207 e. The van der Waals surface area contributed by atoms with Gasteiger partial charge in [0.1, 0.15) is 6.33 Å². The van der Waals surface area contributed by atoms with Crippen molar-refractivity contribution in [3.8, 4) is 11.3 Å². The van der Waals surface area contributed by atoms with Gasteiger partial charge in [-0.15, -0.1) is 0 Å². The number of aromatic nitrogens is 5. The van der Waals surface area contributed by atoms with Crippen LogP contribution >= 0.6 is 0 Å². The second-order valence-electron chi connectivity index (χ2n) is 8.19. The third kappa shape index (κ3) is 4.37. The smallest absolute Gasteiger partial charge is 0.207 e. The van der Waals surface area contributed by atoms with Crippen molar-refractivity contribution in [2.45, 2.75) is 33.4 Å². The summed E-state index contributed by atoms with van der Waals surface area (Å²) in [7, 11) is 0. The molecule has 7 nitrogen and oxygen atoms in total. The fourth-order valence-electron chi connectivity index (χ4n) is 4.16. The number of fused-ring (bicyclic) bond motifs is 1. The van der Waals surface area contributed by atoms with Crippen molar-refractivity contribution in [3.63, 3.8) is 0 Å². The zero-order valence-electron chi connectivity index (χ0n) is 18.6. The van der Waals surface area contributed by atoms with Crippen LogP contribution < -0.4 is 10.2 Å². The first-order chi connectivity index (χ1) is 16.1. The van der Waals surface area contributed by atoms with Crippen LogP contribution in [0.3, 0.4) is 0 Å². The van der Waals surface area contributed by atoms with Crippen LogP contribution in [-0.2, 0) is 19.5 Å². The van der Waals surface area contributed by atoms with Gasteiger partial charge in [0.2, 0.25) is 5.82 Å². The summed E-state index contributed by atoms with van der Waals surface area (Å²) in [4.78, 5) is 23.6. The van der Waals surface area contributed by atoms with Crippen molar-refractivity contribution in [2.75, 3.05) is 16.8 Å². The van der Waals surface area contributed by atoms with Crippen molar-refractivity contribution >= 4 is 11.6 Å². The predicted octanol–water partition coefficient (Wildman–Crippen LogP) is 4.26. The first-order valence-electron chi connectivity index (χ1n) is 10.9. The molecule has 0 atom stereocenters. The van der Waals surface area contributed by atoms with E-state index in [0.29, 0.717) is 25.5 Å². The highest BCUT2D eigenvalue weighted by molar-refractivity contribution is 5.63. The molecule has 0 aromatic carbocycles. The molecule has 4 aromatic heterocycles. The molecular weight excluding hydrogens is 417 g/mol. The van der Waals surface area contributed by atoms with Gasteiger partial charge in [-0.25, -0.2) is 9.97 Å². The molecule has 0 amide bonds. The van der Waals surface area contributed by atoms with Gasteiger partial charge >= 0.3 is 0 Å². The number of nitrogens with one attached hydrogen (secondary N) is 1. The lowest BCUT2D eigenvalue weighted by molar-refractivity contribution is 0.594. The molecule has 1 N–H and O–H groups in total. The normalized spacial score (nSPS) is 13.0. The lowest BCUT2D eigenvalue weighted by Gasteiger charge is -2.29. The second kappa shape index (κ2) is 8.90. The van der Waals surface area contributed by atoms with Gasteiger partial charge in [-0.1, -0.05) is 12.1 Å². The molecule has 0 radical (unpaired) electrons. The summed E-state index contributed by atoms with van der Waals surface area (Å²) in [6, 6.07) is 9.95. The van der Waals surface area contributed by atoms with Crippen molar-refractivity contribution in [1.29, 1.82) is 0 Å². The van der Waals surface area contributed by atoms with E-state index < -0.39 is 5.82 Å². The number of halogens is 1. The van der Waals surface area contributed by atoms with E-state index in [0.717, 1.165) is 45.8 Å². The number of nitrogens with zero attached hydrogens (tertiary/aromatic N) is 6. The van der Waals surface area contributed by atoms with Crippen LogP contribution in [0.5, 0.6) is 0 Å². The van der Waals surface area contributed by atoms with Crippen LogP contribution in [0.4, 0.5) is 16.0 Å². The molecular formula is C25H24FN7. The first kappa shape index (κ1) is 20.9. The van der Waals surface area contributed by atoms with Crippen LogP contribution in [-0.4, -0.2) is 31.5 Å². The van der Waals surface area contributed by atoms with Gasteiger partial charge < -0.3 is 10.2 Å². The second-order valence-corrected chi connectivity index (χ2v) is 8.19. The molecule has 5 heterocycles. The molecule has 1 aliphatic heterocycles. The molecule has 5 rings (SSSR count). The van der Waals surface area contributed by atoms with Gasteiger partial charge in [-0.3, -0.25) is 15.0 Å². The Morgan fingerprint density at radius 3 is 2.79 bits per heavy atom. The Kier molecular flexibility index (Phi) is 5.64. The van der Waals surface area contributed by atoms with Crippen molar-refractivity contribution in [3.05, 3.63) is 89.1 Å². The van der Waals surface area contributed by atoms with E-state index in [9.17, 15) is 0 Å². The van der Waals surface area contributed by atoms with Gasteiger partial charge in [0.05, 0.1) is 5.69 Å². The number of aryl methyl sites for hydroxylation is 2. The Morgan fingerprint density at radius 2 is 1.94 bits per heavy atom. The summed E-state index contributed by atoms with van der Waals surface area (Å²) in [6.07, 6.45) is 7.55. The Labute approximate surface area is 191 Å². The third-order valence-corrected chi connectivity index (χ3v) is 5.80. The molecule has 0 saturated heterocycles. The van der Waals surface area contributed by atoms with E-state index in [1.807, 2.05) is 43.0 Å². The van der Waals surface area contributed by atoms with Crippen LogP contribution in [0.2, 0.25) is 0 Å². The number of pyridine rings is 3. The molecule has 33 heavy (non-hydrogen) atoms. The number of anilines is 2. The minimum Gasteiger partial charge on any atom is -0.363 e. The van der Waals surface area contributed by atoms with Gasteiger partial charge in [-0.2, -0.15) is 4.39 Å². The van der Waals surface area contributed by atoms with Crippen LogP contribution in [0.1, 0.15) is 28.1 Å². The third-order valence-electron chi connectivity index (χ3n) is 5.80. The van der Waals surface area contributed by atoms with E-state index in [4.69, 9.17) is 0 Å². The molecule has 0 unspecified atom stereocenters. The van der Waals surface area contributed by atoms with E-state index in [1.165, 1.54) is 6.33 Å². The Morgan fingerprint density at radius 1 is 1.03 bits per heavy atom. The average Bonchev–Trinajstić information content (AvgIpc) is 2.83. The number of hydrogen-bond acceptors (Lipinski definition) is 7. The quantitative estimate of drug-likeness (QED) is 0.496. The molecule has 0 saturated carbocycles. The average molecular weight is 442 g/mol. The molecule has 8 heteroatoms. The summed E-state index contributed by atoms with van der Waals surface area (Å²) in [5.74, 6) is 0.0431. The van der Waals surface area contributed by atoms with Crippen molar-refractivity contribution in [1.82, 2.24) is 24.9 Å². The maximum absolute atomic E-state index is 15.3. The maximum atomic E-state index is 15.3. The largest absolute Gasteiger partial charge is 0.363 e. The van der Waals surface area contributed by atoms with Crippen LogP contribution in [0.25, 0.3) is 11.3 Å². The Balaban J connectivity index is 1.31. The standard InChI is InChI=1S/C25H24FN7/c1-16-10-18(12-29-23(16)19-5-8-27-17(2)11-19)13-30-24-22(26)25(32-15-31-24)33-9-6-21-20(14-33)4-3-7-28-21/h3-5,7-8,10-12,15H,6,9,13-14H2,1-2H3,(H,30,31,32). The molecule has 4 aromatic rings. The molecule has 0 spiro atoms. The summed E-state index contributed by atoms with van der Waals surface area (Å²) < 4.78 is 15.3. The van der Waals surface area contributed by atoms with Gasteiger partial charge in [0, 0.05) is 61.6 Å². The fraction of sp³-hybridized carbons (Fsp3) is 0.240. The molecule has 166 valence electrons. The van der Waals surface area contributed by atoms with Gasteiger partial charge in [0.15, 0.2) is 11.6 Å². The molecule has 0 fully saturated rings. The highest BCUT2D eigenvalue weighted by Gasteiger charge is 2.22. The highest BCUT2D eigenvalue weighted by atomic mass is 19.1. The molecule has 0 aliphatic carbocycles.